The molecule has 0 aliphatic carbocycles. The molecule has 3 aromatic rings. The topological polar surface area (TPSA) is 95.1 Å². The number of fused-ring (bicyclic) bond motifs is 5. The van der Waals surface area contributed by atoms with Crippen LogP contribution in [0.1, 0.15) is 55.3 Å². The lowest BCUT2D eigenvalue weighted by Crippen LogP contribution is -2.52. The summed E-state index contributed by atoms with van der Waals surface area (Å²) in [5.41, 5.74) is 4.88. The second-order valence-electron chi connectivity index (χ2n) is 13.8. The lowest BCUT2D eigenvalue weighted by atomic mass is 9.95. The van der Waals surface area contributed by atoms with Crippen LogP contribution in [0.2, 0.25) is 0 Å². The Balaban J connectivity index is 1.08. The normalized spacial score (nSPS) is 27.5. The van der Waals surface area contributed by atoms with Gasteiger partial charge in [0.05, 0.1) is 17.8 Å². The summed E-state index contributed by atoms with van der Waals surface area (Å²) < 4.78 is 12.1. The van der Waals surface area contributed by atoms with Crippen molar-refractivity contribution in [3.63, 3.8) is 0 Å². The number of carbonyl (C=O) groups excluding carboxylic acids is 1. The number of rotatable bonds is 7. The van der Waals surface area contributed by atoms with Crippen LogP contribution in [0.25, 0.3) is 10.8 Å². The van der Waals surface area contributed by atoms with E-state index >= 15 is 0 Å². The molecule has 4 atom stereocenters. The highest BCUT2D eigenvalue weighted by Gasteiger charge is 2.50. The van der Waals surface area contributed by atoms with Crippen LogP contribution in [0.5, 0.6) is 6.01 Å². The van der Waals surface area contributed by atoms with Crippen molar-refractivity contribution in [2.24, 2.45) is 0 Å². The highest BCUT2D eigenvalue weighted by atomic mass is 16.5. The van der Waals surface area contributed by atoms with Crippen molar-refractivity contribution in [2.75, 3.05) is 56.2 Å². The van der Waals surface area contributed by atoms with Gasteiger partial charge in [-0.3, -0.25) is 4.90 Å². The maximum Gasteiger partial charge on any atom is 0.406 e. The summed E-state index contributed by atoms with van der Waals surface area (Å²) >= 11 is 0. The molecule has 1 amide bonds. The average Bonchev–Trinajstić information content (AvgIpc) is 3.74. The van der Waals surface area contributed by atoms with Gasteiger partial charge in [-0.05, 0) is 75.4 Å². The average molecular weight is 612 g/mol. The Morgan fingerprint density at radius 3 is 2.69 bits per heavy atom. The summed E-state index contributed by atoms with van der Waals surface area (Å²) in [6.45, 7) is 7.82. The maximum absolute atomic E-state index is 11.8. The molecular weight excluding hydrogens is 566 g/mol. The minimum absolute atomic E-state index is 0.0587. The van der Waals surface area contributed by atoms with Gasteiger partial charge in [0, 0.05) is 61.4 Å². The lowest BCUT2D eigenvalue weighted by Gasteiger charge is -2.38. The van der Waals surface area contributed by atoms with Gasteiger partial charge in [0.15, 0.2) is 0 Å². The quantitative estimate of drug-likeness (QED) is 0.408. The van der Waals surface area contributed by atoms with Gasteiger partial charge in [-0.15, -0.1) is 0 Å². The van der Waals surface area contributed by atoms with Crippen LogP contribution >= 0.6 is 0 Å². The van der Waals surface area contributed by atoms with Crippen LogP contribution in [0.4, 0.5) is 16.3 Å². The van der Waals surface area contributed by atoms with Crippen molar-refractivity contribution < 1.29 is 14.3 Å². The predicted octanol–water partition coefficient (Wildman–Crippen LogP) is 4.17. The molecule has 2 bridgehead atoms. The third kappa shape index (κ3) is 5.25. The first-order valence-corrected chi connectivity index (χ1v) is 16.9. The Morgan fingerprint density at radius 2 is 1.87 bits per heavy atom. The van der Waals surface area contributed by atoms with Crippen molar-refractivity contribution in [1.29, 1.82) is 0 Å². The Kier molecular flexibility index (Phi) is 7.44. The first kappa shape index (κ1) is 28.8. The van der Waals surface area contributed by atoms with Gasteiger partial charge in [0.1, 0.15) is 19.0 Å². The molecule has 5 aliphatic rings. The molecule has 2 aromatic carbocycles. The zero-order valence-corrected chi connectivity index (χ0v) is 26.6. The van der Waals surface area contributed by atoms with Crippen LogP contribution in [-0.4, -0.2) is 91.1 Å². The third-order valence-electron chi connectivity index (χ3n) is 11.1. The Morgan fingerprint density at radius 1 is 1.04 bits per heavy atom. The number of ether oxygens (including phenoxy) is 2. The molecule has 0 saturated carbocycles. The number of nitrogens with one attached hydrogen (secondary N) is 2. The molecule has 2 N–H and O–H groups in total. The number of benzene rings is 2. The second-order valence-corrected chi connectivity index (χ2v) is 13.8. The molecule has 10 nitrogen and oxygen atoms in total. The van der Waals surface area contributed by atoms with Gasteiger partial charge >= 0.3 is 12.1 Å². The van der Waals surface area contributed by atoms with Crippen molar-refractivity contribution >= 4 is 28.4 Å². The molecule has 0 radical (unpaired) electrons. The monoisotopic (exact) mass is 611 g/mol. The molecule has 8 rings (SSSR count). The van der Waals surface area contributed by atoms with E-state index in [9.17, 15) is 4.79 Å². The second kappa shape index (κ2) is 11.6. The van der Waals surface area contributed by atoms with Crippen molar-refractivity contribution in [3.8, 4) is 6.01 Å². The summed E-state index contributed by atoms with van der Waals surface area (Å²) in [5.74, 6) is 1.08. The molecule has 238 valence electrons. The summed E-state index contributed by atoms with van der Waals surface area (Å²) in [7, 11) is 1.60. The highest BCUT2D eigenvalue weighted by Crippen LogP contribution is 2.43. The molecule has 1 aromatic heterocycles. The highest BCUT2D eigenvalue weighted by molar-refractivity contribution is 5.97. The van der Waals surface area contributed by atoms with E-state index in [0.717, 1.165) is 76.3 Å². The molecule has 10 heteroatoms. The van der Waals surface area contributed by atoms with Gasteiger partial charge in [-0.1, -0.05) is 30.3 Å². The summed E-state index contributed by atoms with van der Waals surface area (Å²) in [5, 5.41) is 8.95. The van der Waals surface area contributed by atoms with Gasteiger partial charge in [0.2, 0.25) is 0 Å². The molecular formula is C35H45N7O3. The Bertz CT molecular complexity index is 1580. The fourth-order valence-electron chi connectivity index (χ4n) is 8.89. The minimum Gasteiger partial charge on any atom is -0.461 e. The predicted molar refractivity (Wildman–Crippen MR) is 175 cm³/mol. The Hall–Kier alpha value is -3.63. The molecule has 45 heavy (non-hydrogen) atoms. The fraction of sp³-hybridized carbons (Fsp3) is 0.571. The van der Waals surface area contributed by atoms with E-state index in [4.69, 9.17) is 19.4 Å². The first-order valence-electron chi connectivity index (χ1n) is 16.9. The van der Waals surface area contributed by atoms with E-state index in [2.05, 4.69) is 68.7 Å². The number of alkyl carbamates (subject to hydrolysis) is 1. The molecule has 6 heterocycles. The number of aryl methyl sites for hydroxylation is 1. The SMILES string of the molecule is CNC(=O)OCC1CCC2(COc3nc4c(c(N5CC6CCC(C5)N6)n3)CCN(c3cccc5cccc(C)c35)C4)CCCN12. The molecule has 0 spiro atoms. The molecule has 4 unspecified atom stereocenters. The molecule has 5 aliphatic heterocycles. The van der Waals surface area contributed by atoms with Gasteiger partial charge < -0.3 is 29.9 Å². The van der Waals surface area contributed by atoms with Crippen LogP contribution in [-0.2, 0) is 17.7 Å². The number of hydrogen-bond donors (Lipinski definition) is 2. The van der Waals surface area contributed by atoms with Crippen molar-refractivity contribution in [3.05, 3.63) is 53.2 Å². The van der Waals surface area contributed by atoms with Gasteiger partial charge in [-0.25, -0.2) is 4.79 Å². The fourth-order valence-corrected chi connectivity index (χ4v) is 8.89. The van der Waals surface area contributed by atoms with Gasteiger partial charge in [0.25, 0.3) is 0 Å². The standard InChI is InChI=1S/C35H45N7O3/c1-23-6-3-7-24-8-4-9-30(31(23)24)40-17-13-28-29(20-40)38-33(39-32(28)41-18-25-10-11-26(19-41)37-25)45-22-35-14-5-16-42(35)27(12-15-35)21-44-34(43)36-2/h3-4,6-9,25-27,37H,5,10-22H2,1-2H3,(H,36,43). The third-order valence-corrected chi connectivity index (χ3v) is 11.1. The zero-order valence-electron chi connectivity index (χ0n) is 26.6. The van der Waals surface area contributed by atoms with Crippen LogP contribution in [0.15, 0.2) is 36.4 Å². The Labute approximate surface area is 265 Å². The number of piperazine rings is 1. The van der Waals surface area contributed by atoms with E-state index in [1.807, 2.05) is 0 Å². The maximum atomic E-state index is 11.8. The van der Waals surface area contributed by atoms with Crippen molar-refractivity contribution in [2.45, 2.75) is 82.1 Å². The number of nitrogens with zero attached hydrogens (tertiary/aromatic N) is 5. The van der Waals surface area contributed by atoms with Crippen LogP contribution < -0.4 is 25.2 Å². The van der Waals surface area contributed by atoms with Crippen molar-refractivity contribution in [1.82, 2.24) is 25.5 Å². The van der Waals surface area contributed by atoms with E-state index in [1.54, 1.807) is 7.05 Å². The van der Waals surface area contributed by atoms with Crippen LogP contribution in [0, 0.1) is 6.92 Å². The summed E-state index contributed by atoms with van der Waals surface area (Å²) in [6, 6.07) is 15.0. The number of hydrogen-bond acceptors (Lipinski definition) is 9. The smallest absolute Gasteiger partial charge is 0.406 e. The van der Waals surface area contributed by atoms with E-state index in [0.29, 0.717) is 31.3 Å². The molecule has 4 fully saturated rings. The lowest BCUT2D eigenvalue weighted by molar-refractivity contribution is 0.0554. The zero-order chi connectivity index (χ0) is 30.5. The summed E-state index contributed by atoms with van der Waals surface area (Å²) in [4.78, 5) is 29.6. The van der Waals surface area contributed by atoms with Crippen LogP contribution in [0.3, 0.4) is 0 Å². The molecule has 4 saturated heterocycles. The van der Waals surface area contributed by atoms with E-state index in [-0.39, 0.29) is 17.7 Å². The van der Waals surface area contributed by atoms with E-state index in [1.165, 1.54) is 40.4 Å². The number of amides is 1. The number of carbonyl (C=O) groups is 1. The summed E-state index contributed by atoms with van der Waals surface area (Å²) in [6.07, 6.45) is 7.24. The first-order chi connectivity index (χ1) is 22.0. The largest absolute Gasteiger partial charge is 0.461 e. The van der Waals surface area contributed by atoms with E-state index < -0.39 is 0 Å². The number of anilines is 2. The van der Waals surface area contributed by atoms with Gasteiger partial charge in [-0.2, -0.15) is 9.97 Å². The minimum atomic E-state index is -0.369. The number of aromatic nitrogens is 2.